The minimum absolute atomic E-state index is 0.0448. The number of nitrogens with one attached hydrogen (secondary N) is 1. The van der Waals surface area contributed by atoms with Crippen molar-refractivity contribution in [2.24, 2.45) is 0 Å². The monoisotopic (exact) mass is 427 g/mol. The topological polar surface area (TPSA) is 68.5 Å². The van der Waals surface area contributed by atoms with Crippen LogP contribution in [0.1, 0.15) is 16.7 Å². The van der Waals surface area contributed by atoms with Crippen molar-refractivity contribution >= 4 is 16.9 Å². The molecule has 3 aromatic carbocycles. The minimum Gasteiger partial charge on any atom is -0.476 e. The zero-order valence-corrected chi connectivity index (χ0v) is 18.2. The average molecular weight is 428 g/mol. The van der Waals surface area contributed by atoms with E-state index in [1.165, 1.54) is 0 Å². The molecule has 4 rings (SSSR count). The summed E-state index contributed by atoms with van der Waals surface area (Å²) >= 11 is 0. The molecule has 1 N–H and O–H groups in total. The predicted molar refractivity (Wildman–Crippen MR) is 126 cm³/mol. The molecule has 5 heteroatoms. The Labute approximate surface area is 186 Å². The van der Waals surface area contributed by atoms with Crippen molar-refractivity contribution < 1.29 is 13.9 Å². The van der Waals surface area contributed by atoms with Crippen LogP contribution >= 0.6 is 0 Å². The van der Waals surface area contributed by atoms with Crippen LogP contribution in [0.3, 0.4) is 0 Å². The lowest BCUT2D eigenvalue weighted by atomic mass is 10.1. The molecule has 0 aliphatic carbocycles. The first-order chi connectivity index (χ1) is 15.5. The lowest BCUT2D eigenvalue weighted by Gasteiger charge is -2.12. The molecule has 5 nitrogen and oxygen atoms in total. The largest absolute Gasteiger partial charge is 0.476 e. The van der Waals surface area contributed by atoms with Gasteiger partial charge in [-0.15, -0.1) is 0 Å². The molecule has 0 unspecified atom stereocenters. The Kier molecular flexibility index (Phi) is 6.36. The summed E-state index contributed by atoms with van der Waals surface area (Å²) in [6.45, 7) is 4.15. The maximum absolute atomic E-state index is 13.2. The second-order valence-electron chi connectivity index (χ2n) is 7.83. The zero-order chi connectivity index (χ0) is 22.5. The van der Waals surface area contributed by atoms with Gasteiger partial charge in [0.1, 0.15) is 5.58 Å². The van der Waals surface area contributed by atoms with Crippen LogP contribution in [0.5, 0.6) is 5.75 Å². The van der Waals surface area contributed by atoms with Gasteiger partial charge in [-0.05, 0) is 43.5 Å². The fourth-order valence-corrected chi connectivity index (χ4v) is 3.49. The molecule has 1 amide bonds. The van der Waals surface area contributed by atoms with E-state index in [4.69, 9.17) is 9.15 Å². The van der Waals surface area contributed by atoms with Gasteiger partial charge in [0.05, 0.1) is 5.39 Å². The van der Waals surface area contributed by atoms with Crippen LogP contribution in [-0.2, 0) is 11.2 Å². The molecule has 0 bridgehead atoms. The number of hydrogen-bond acceptors (Lipinski definition) is 4. The molecule has 4 aromatic rings. The average Bonchev–Trinajstić information content (AvgIpc) is 2.79. The summed E-state index contributed by atoms with van der Waals surface area (Å²) in [5.41, 5.74) is 4.13. The summed E-state index contributed by atoms with van der Waals surface area (Å²) < 4.78 is 11.8. The highest BCUT2D eigenvalue weighted by atomic mass is 16.5. The van der Waals surface area contributed by atoms with Gasteiger partial charge in [0.15, 0.2) is 12.4 Å². The molecule has 1 heterocycles. The molecule has 32 heavy (non-hydrogen) atoms. The molecule has 0 saturated heterocycles. The minimum atomic E-state index is -0.293. The summed E-state index contributed by atoms with van der Waals surface area (Å²) in [6.07, 6.45) is 0.721. The highest BCUT2D eigenvalue weighted by Gasteiger charge is 2.19. The highest BCUT2D eigenvalue weighted by Crippen LogP contribution is 2.31. The van der Waals surface area contributed by atoms with Crippen LogP contribution in [0, 0.1) is 13.8 Å². The number of ether oxygens (including phenoxy) is 1. The Bertz CT molecular complexity index is 1290. The number of aryl methyl sites for hydroxylation is 2. The first-order valence-electron chi connectivity index (χ1n) is 10.6. The lowest BCUT2D eigenvalue weighted by Crippen LogP contribution is -2.31. The standard InChI is InChI=1S/C27H25NO4/c1-18-8-11-21(12-9-18)26-27(25(30)22-13-10-19(2)16-23(22)32-26)31-17-24(29)28-15-14-20-6-4-3-5-7-20/h3-13,16H,14-15,17H2,1-2H3,(H,28,29). The molecule has 0 fully saturated rings. The molecule has 0 aliphatic heterocycles. The Hall–Kier alpha value is -3.86. The van der Waals surface area contributed by atoms with Crippen LogP contribution in [0.25, 0.3) is 22.3 Å². The number of amides is 1. The number of fused-ring (bicyclic) bond motifs is 1. The van der Waals surface area contributed by atoms with Gasteiger partial charge < -0.3 is 14.5 Å². The van der Waals surface area contributed by atoms with E-state index in [0.29, 0.717) is 23.3 Å². The quantitative estimate of drug-likeness (QED) is 0.459. The van der Waals surface area contributed by atoms with E-state index in [1.807, 2.05) is 80.6 Å². The van der Waals surface area contributed by atoms with E-state index in [-0.39, 0.29) is 23.7 Å². The summed E-state index contributed by atoms with van der Waals surface area (Å²) in [6, 6.07) is 23.0. The summed E-state index contributed by atoms with van der Waals surface area (Å²) in [7, 11) is 0. The fraction of sp³-hybridized carbons (Fsp3) is 0.185. The second kappa shape index (κ2) is 9.52. The third-order valence-corrected chi connectivity index (χ3v) is 5.25. The van der Waals surface area contributed by atoms with Gasteiger partial charge in [0.25, 0.3) is 5.91 Å². The van der Waals surface area contributed by atoms with E-state index < -0.39 is 0 Å². The Morgan fingerprint density at radius 1 is 0.938 bits per heavy atom. The molecular weight excluding hydrogens is 402 g/mol. The fourth-order valence-electron chi connectivity index (χ4n) is 3.49. The number of hydrogen-bond donors (Lipinski definition) is 1. The van der Waals surface area contributed by atoms with Crippen LogP contribution in [0.4, 0.5) is 0 Å². The van der Waals surface area contributed by atoms with Crippen LogP contribution < -0.4 is 15.5 Å². The van der Waals surface area contributed by atoms with Crippen LogP contribution in [-0.4, -0.2) is 19.1 Å². The predicted octanol–water partition coefficient (Wildman–Crippen LogP) is 4.81. The SMILES string of the molecule is Cc1ccc(-c2oc3cc(C)ccc3c(=O)c2OCC(=O)NCCc2ccccc2)cc1. The van der Waals surface area contributed by atoms with Gasteiger partial charge in [-0.25, -0.2) is 0 Å². The molecule has 0 spiro atoms. The zero-order valence-electron chi connectivity index (χ0n) is 18.2. The first-order valence-corrected chi connectivity index (χ1v) is 10.6. The van der Waals surface area contributed by atoms with Gasteiger partial charge in [0, 0.05) is 12.1 Å². The summed E-state index contributed by atoms with van der Waals surface area (Å²) in [5, 5.41) is 3.26. The van der Waals surface area contributed by atoms with Crippen molar-refractivity contribution in [3.63, 3.8) is 0 Å². The first kappa shape index (κ1) is 21.4. The Balaban J connectivity index is 1.56. The third kappa shape index (κ3) is 4.89. The molecule has 162 valence electrons. The summed E-state index contributed by atoms with van der Waals surface area (Å²) in [4.78, 5) is 25.5. The maximum atomic E-state index is 13.2. The van der Waals surface area contributed by atoms with Crippen molar-refractivity contribution in [2.45, 2.75) is 20.3 Å². The number of carbonyl (C=O) groups excluding carboxylic acids is 1. The van der Waals surface area contributed by atoms with Crippen molar-refractivity contribution in [1.29, 1.82) is 0 Å². The Morgan fingerprint density at radius 3 is 2.41 bits per heavy atom. The lowest BCUT2D eigenvalue weighted by molar-refractivity contribution is -0.123. The van der Waals surface area contributed by atoms with E-state index in [0.717, 1.165) is 28.7 Å². The van der Waals surface area contributed by atoms with Crippen molar-refractivity contribution in [3.8, 4) is 17.1 Å². The normalized spacial score (nSPS) is 10.8. The summed E-state index contributed by atoms with van der Waals surface area (Å²) in [5.74, 6) is 0.0767. The van der Waals surface area contributed by atoms with Gasteiger partial charge >= 0.3 is 0 Å². The number of rotatable bonds is 7. The molecular formula is C27H25NO4. The van der Waals surface area contributed by atoms with Crippen molar-refractivity contribution in [1.82, 2.24) is 5.32 Å². The van der Waals surface area contributed by atoms with E-state index in [9.17, 15) is 9.59 Å². The Morgan fingerprint density at radius 2 is 1.66 bits per heavy atom. The molecule has 0 saturated carbocycles. The van der Waals surface area contributed by atoms with Gasteiger partial charge in [-0.1, -0.05) is 66.2 Å². The smallest absolute Gasteiger partial charge is 0.257 e. The molecule has 0 radical (unpaired) electrons. The van der Waals surface area contributed by atoms with Crippen molar-refractivity contribution in [3.05, 3.63) is 99.7 Å². The van der Waals surface area contributed by atoms with E-state index >= 15 is 0 Å². The second-order valence-corrected chi connectivity index (χ2v) is 7.83. The number of carbonyl (C=O) groups is 1. The number of benzene rings is 3. The molecule has 1 aromatic heterocycles. The van der Waals surface area contributed by atoms with Crippen molar-refractivity contribution in [2.75, 3.05) is 13.2 Å². The van der Waals surface area contributed by atoms with Crippen LogP contribution in [0.15, 0.2) is 82.0 Å². The van der Waals surface area contributed by atoms with E-state index in [2.05, 4.69) is 5.32 Å². The third-order valence-electron chi connectivity index (χ3n) is 5.25. The highest BCUT2D eigenvalue weighted by molar-refractivity contribution is 5.83. The van der Waals surface area contributed by atoms with Gasteiger partial charge in [-0.3, -0.25) is 9.59 Å². The maximum Gasteiger partial charge on any atom is 0.257 e. The van der Waals surface area contributed by atoms with Gasteiger partial charge in [0.2, 0.25) is 11.2 Å². The molecule has 0 atom stereocenters. The van der Waals surface area contributed by atoms with Gasteiger partial charge in [-0.2, -0.15) is 0 Å². The van der Waals surface area contributed by atoms with E-state index in [1.54, 1.807) is 6.07 Å². The van der Waals surface area contributed by atoms with Crippen LogP contribution in [0.2, 0.25) is 0 Å². The molecule has 0 aliphatic rings.